The summed E-state index contributed by atoms with van der Waals surface area (Å²) in [5.41, 5.74) is 1.49. The van der Waals surface area contributed by atoms with Crippen molar-refractivity contribution in [3.63, 3.8) is 0 Å². The summed E-state index contributed by atoms with van der Waals surface area (Å²) in [4.78, 5) is 43.6. The van der Waals surface area contributed by atoms with Crippen LogP contribution in [0.1, 0.15) is 63.4 Å². The first-order valence-electron chi connectivity index (χ1n) is 12.0. The van der Waals surface area contributed by atoms with Gasteiger partial charge in [0.1, 0.15) is 18.8 Å². The number of ether oxygens (including phenoxy) is 1. The van der Waals surface area contributed by atoms with Crippen molar-refractivity contribution in [2.24, 2.45) is 4.99 Å². The van der Waals surface area contributed by atoms with E-state index in [0.29, 0.717) is 48.4 Å². The highest BCUT2D eigenvalue weighted by molar-refractivity contribution is 6.33. The van der Waals surface area contributed by atoms with Crippen LogP contribution in [0.15, 0.2) is 17.1 Å². The molecular weight excluding hydrogens is 460 g/mol. The van der Waals surface area contributed by atoms with Gasteiger partial charge in [-0.15, -0.1) is 0 Å². The van der Waals surface area contributed by atoms with Crippen LogP contribution in [0.5, 0.6) is 5.75 Å². The van der Waals surface area contributed by atoms with Crippen molar-refractivity contribution in [1.29, 1.82) is 0 Å². The number of aliphatic imine (C=N–C) groups is 1. The summed E-state index contributed by atoms with van der Waals surface area (Å²) in [6.07, 6.45) is 7.67. The average molecular weight is 491 g/mol. The Morgan fingerprint density at radius 3 is 2.74 bits per heavy atom. The molecule has 0 spiro atoms. The lowest BCUT2D eigenvalue weighted by Crippen LogP contribution is -2.44. The minimum atomic E-state index is -0.954. The van der Waals surface area contributed by atoms with E-state index in [9.17, 15) is 19.5 Å². The lowest BCUT2D eigenvalue weighted by Gasteiger charge is -2.33. The van der Waals surface area contributed by atoms with E-state index in [0.717, 1.165) is 50.5 Å². The molecular formula is C24H31ClN4O5. The van der Waals surface area contributed by atoms with Crippen LogP contribution < -0.4 is 10.1 Å². The lowest BCUT2D eigenvalue weighted by atomic mass is 9.94. The van der Waals surface area contributed by atoms with Crippen molar-refractivity contribution in [3.05, 3.63) is 22.7 Å². The smallest absolute Gasteiger partial charge is 0.323 e. The van der Waals surface area contributed by atoms with E-state index >= 15 is 0 Å². The molecule has 2 fully saturated rings. The third-order valence-corrected chi connectivity index (χ3v) is 6.88. The molecule has 10 heteroatoms. The van der Waals surface area contributed by atoms with E-state index in [-0.39, 0.29) is 30.9 Å². The quantitative estimate of drug-likeness (QED) is 0.486. The number of nitrogens with one attached hydrogen (secondary N) is 1. The number of halogens is 1. The van der Waals surface area contributed by atoms with Gasteiger partial charge in [-0.25, -0.2) is 4.99 Å². The summed E-state index contributed by atoms with van der Waals surface area (Å²) in [7, 11) is 0. The number of carboxylic acid groups (broad SMARTS) is 1. The van der Waals surface area contributed by atoms with Crippen LogP contribution in [0, 0.1) is 0 Å². The molecule has 9 nitrogen and oxygen atoms in total. The van der Waals surface area contributed by atoms with Gasteiger partial charge in [0.15, 0.2) is 0 Å². The minimum Gasteiger partial charge on any atom is -0.493 e. The Morgan fingerprint density at radius 2 is 1.97 bits per heavy atom. The Bertz CT molecular complexity index is 976. The Labute approximate surface area is 204 Å². The summed E-state index contributed by atoms with van der Waals surface area (Å²) in [6.45, 7) is 1.03. The first kappa shape index (κ1) is 24.3. The van der Waals surface area contributed by atoms with Gasteiger partial charge in [-0.1, -0.05) is 30.9 Å². The monoisotopic (exact) mass is 490 g/mol. The Hall–Kier alpha value is -2.81. The molecule has 184 valence electrons. The number of benzene rings is 1. The molecule has 2 N–H and O–H groups in total. The van der Waals surface area contributed by atoms with E-state index in [4.69, 9.17) is 16.3 Å². The molecule has 0 aromatic heterocycles. The molecule has 1 aliphatic carbocycles. The number of aliphatic carboxylic acids is 1. The van der Waals surface area contributed by atoms with Crippen LogP contribution in [0.3, 0.4) is 0 Å². The molecule has 0 unspecified atom stereocenters. The molecule has 4 rings (SSSR count). The number of carbonyl (C=O) groups excluding carboxylic acids is 2. The number of guanidine groups is 1. The van der Waals surface area contributed by atoms with E-state index in [2.05, 4.69) is 10.3 Å². The zero-order valence-electron chi connectivity index (χ0n) is 19.2. The third-order valence-electron chi connectivity index (χ3n) is 6.58. The van der Waals surface area contributed by atoms with E-state index in [1.165, 1.54) is 0 Å². The average Bonchev–Trinajstić information content (AvgIpc) is 3.19. The minimum absolute atomic E-state index is 0.0565. The molecule has 2 aliphatic heterocycles. The molecule has 0 bridgehead atoms. The maximum atomic E-state index is 12.7. The molecule has 1 aromatic rings. The van der Waals surface area contributed by atoms with Gasteiger partial charge in [-0.05, 0) is 44.2 Å². The standard InChI is InChI=1S/C24H31ClN4O5/c25-18-10-11-19(17-13-28-14-20(30)26-24(28)27-23(17)18)34-12-6-2-5-9-21(31)29(15-22(32)33)16-7-3-1-4-8-16/h10-11,16H,1-9,12-15H2,(H,32,33)(H,26,27,30). The van der Waals surface area contributed by atoms with Gasteiger partial charge in [0, 0.05) is 18.0 Å². The van der Waals surface area contributed by atoms with Crippen molar-refractivity contribution >= 4 is 41.0 Å². The Balaban J connectivity index is 1.24. The molecule has 0 atom stereocenters. The molecule has 1 saturated heterocycles. The number of carbonyl (C=O) groups is 3. The number of amides is 2. The normalized spacial score (nSPS) is 17.5. The highest BCUT2D eigenvalue weighted by Crippen LogP contribution is 2.39. The van der Waals surface area contributed by atoms with E-state index < -0.39 is 5.97 Å². The van der Waals surface area contributed by atoms with Crippen LogP contribution >= 0.6 is 11.6 Å². The van der Waals surface area contributed by atoms with Crippen molar-refractivity contribution in [2.75, 3.05) is 19.7 Å². The number of nitrogens with zero attached hydrogens (tertiary/aromatic N) is 3. The van der Waals surface area contributed by atoms with Gasteiger partial charge in [0.25, 0.3) is 0 Å². The van der Waals surface area contributed by atoms with Crippen LogP contribution in [-0.2, 0) is 20.9 Å². The van der Waals surface area contributed by atoms with Crippen LogP contribution in [0.25, 0.3) is 0 Å². The highest BCUT2D eigenvalue weighted by atomic mass is 35.5. The summed E-state index contributed by atoms with van der Waals surface area (Å²) in [5.74, 6) is 0.104. The second-order valence-electron chi connectivity index (χ2n) is 9.08. The van der Waals surface area contributed by atoms with E-state index in [1.54, 1.807) is 11.0 Å². The number of unbranched alkanes of at least 4 members (excludes halogenated alkanes) is 2. The second kappa shape index (κ2) is 11.1. The molecule has 3 aliphatic rings. The van der Waals surface area contributed by atoms with Gasteiger partial charge < -0.3 is 19.6 Å². The number of carboxylic acids is 1. The predicted molar refractivity (Wildman–Crippen MR) is 127 cm³/mol. The fourth-order valence-electron chi connectivity index (χ4n) is 4.86. The van der Waals surface area contributed by atoms with Crippen molar-refractivity contribution in [1.82, 2.24) is 15.1 Å². The van der Waals surface area contributed by atoms with Gasteiger partial charge >= 0.3 is 5.97 Å². The fraction of sp³-hybridized carbons (Fsp3) is 0.583. The molecule has 1 aromatic carbocycles. The number of hydrogen-bond donors (Lipinski definition) is 2. The fourth-order valence-corrected chi connectivity index (χ4v) is 5.08. The number of fused-ring (bicyclic) bond motifs is 2. The summed E-state index contributed by atoms with van der Waals surface area (Å²) in [5, 5.41) is 12.5. The topological polar surface area (TPSA) is 112 Å². The second-order valence-corrected chi connectivity index (χ2v) is 9.49. The zero-order chi connectivity index (χ0) is 24.1. The highest BCUT2D eigenvalue weighted by Gasteiger charge is 2.31. The van der Waals surface area contributed by atoms with Gasteiger partial charge in [0.05, 0.1) is 23.9 Å². The summed E-state index contributed by atoms with van der Waals surface area (Å²) < 4.78 is 6.00. The summed E-state index contributed by atoms with van der Waals surface area (Å²) >= 11 is 6.32. The predicted octanol–water partition coefficient (Wildman–Crippen LogP) is 3.46. The van der Waals surface area contributed by atoms with Crippen LogP contribution in [0.2, 0.25) is 5.02 Å². The lowest BCUT2D eigenvalue weighted by molar-refractivity contribution is -0.146. The van der Waals surface area contributed by atoms with Gasteiger partial charge in [-0.2, -0.15) is 0 Å². The third kappa shape index (κ3) is 5.81. The Morgan fingerprint density at radius 1 is 1.18 bits per heavy atom. The molecule has 1 saturated carbocycles. The largest absolute Gasteiger partial charge is 0.493 e. The van der Waals surface area contributed by atoms with Crippen LogP contribution in [-0.4, -0.2) is 64.4 Å². The first-order chi connectivity index (χ1) is 16.4. The van der Waals surface area contributed by atoms with Gasteiger partial charge in [0.2, 0.25) is 17.8 Å². The van der Waals surface area contributed by atoms with Crippen molar-refractivity contribution < 1.29 is 24.2 Å². The first-order valence-corrected chi connectivity index (χ1v) is 12.4. The molecule has 0 radical (unpaired) electrons. The SMILES string of the molecule is O=C(O)CN(C(=O)CCCCCOc1ccc(Cl)c2c1CN1CC(=O)NC1=N2)C1CCCCC1. The van der Waals surface area contributed by atoms with E-state index in [1.807, 2.05) is 11.0 Å². The molecule has 34 heavy (non-hydrogen) atoms. The molecule has 2 heterocycles. The molecule has 2 amide bonds. The summed E-state index contributed by atoms with van der Waals surface area (Å²) in [6, 6.07) is 3.62. The zero-order valence-corrected chi connectivity index (χ0v) is 20.0. The van der Waals surface area contributed by atoms with Crippen molar-refractivity contribution in [2.45, 2.75) is 70.4 Å². The van der Waals surface area contributed by atoms with Crippen LogP contribution in [0.4, 0.5) is 5.69 Å². The maximum absolute atomic E-state index is 12.7. The number of rotatable bonds is 10. The maximum Gasteiger partial charge on any atom is 0.323 e. The Kier molecular flexibility index (Phi) is 7.92. The number of hydrogen-bond acceptors (Lipinski definition) is 6. The van der Waals surface area contributed by atoms with Gasteiger partial charge in [-0.3, -0.25) is 19.7 Å². The van der Waals surface area contributed by atoms with Crippen molar-refractivity contribution in [3.8, 4) is 5.75 Å².